The Morgan fingerprint density at radius 3 is 3.00 bits per heavy atom. The number of nitrogens with zero attached hydrogens (tertiary/aromatic N) is 1. The maximum absolute atomic E-state index is 12.3. The van der Waals surface area contributed by atoms with Crippen LogP contribution in [0.15, 0.2) is 21.9 Å². The Balaban J connectivity index is 1.52. The molecular weight excluding hydrogens is 286 g/mol. The minimum absolute atomic E-state index is 0.0811. The molecule has 2 saturated carbocycles. The molecule has 21 heavy (non-hydrogen) atoms. The lowest BCUT2D eigenvalue weighted by molar-refractivity contribution is 0.0151. The normalized spacial score (nSPS) is 27.2. The number of hydrogen-bond donors (Lipinski definition) is 0. The summed E-state index contributed by atoms with van der Waals surface area (Å²) in [6.45, 7) is 1.77. The van der Waals surface area contributed by atoms with Crippen molar-refractivity contribution in [3.63, 3.8) is 0 Å². The molecule has 2 aliphatic rings. The lowest BCUT2D eigenvalue weighted by atomic mass is 9.98. The average Bonchev–Trinajstić information content (AvgIpc) is 3.22. The smallest absolute Gasteiger partial charge is 0.360 e. The highest BCUT2D eigenvalue weighted by atomic mass is 32.1. The molecule has 4 nitrogen and oxygen atoms in total. The maximum atomic E-state index is 12.3. The Morgan fingerprint density at radius 2 is 2.33 bits per heavy atom. The fourth-order valence-corrected chi connectivity index (χ4v) is 4.26. The molecule has 2 aromatic heterocycles. The predicted molar refractivity (Wildman–Crippen MR) is 79.2 cm³/mol. The van der Waals surface area contributed by atoms with Gasteiger partial charge in [0, 0.05) is 0 Å². The van der Waals surface area contributed by atoms with E-state index in [0.717, 1.165) is 17.2 Å². The fourth-order valence-electron chi connectivity index (χ4n) is 3.62. The number of ether oxygens (including phenoxy) is 1. The standard InChI is InChI=1S/C16H17NO3S/c1-9-14(17-15(19-9)13-3-2-6-21-13)16(18)20-12-8-10-4-5-11(12)7-10/h2-3,6,10-12H,4-5,7-8H2,1H3. The first-order valence-electron chi connectivity index (χ1n) is 7.43. The zero-order valence-electron chi connectivity index (χ0n) is 11.9. The van der Waals surface area contributed by atoms with Crippen molar-refractivity contribution >= 4 is 17.3 Å². The van der Waals surface area contributed by atoms with Crippen LogP contribution >= 0.6 is 11.3 Å². The number of carbonyl (C=O) groups is 1. The fraction of sp³-hybridized carbons (Fsp3) is 0.500. The molecular formula is C16H17NO3S. The zero-order valence-corrected chi connectivity index (χ0v) is 12.7. The van der Waals surface area contributed by atoms with Gasteiger partial charge in [0.25, 0.3) is 0 Å². The molecule has 0 amide bonds. The second kappa shape index (κ2) is 4.98. The summed E-state index contributed by atoms with van der Waals surface area (Å²) in [5.74, 6) is 2.02. The molecule has 2 fully saturated rings. The van der Waals surface area contributed by atoms with Gasteiger partial charge in [-0.25, -0.2) is 9.78 Å². The van der Waals surface area contributed by atoms with Crippen molar-refractivity contribution in [2.75, 3.05) is 0 Å². The number of carbonyl (C=O) groups excluding carboxylic acids is 1. The molecule has 0 radical (unpaired) electrons. The molecule has 3 unspecified atom stereocenters. The van der Waals surface area contributed by atoms with Gasteiger partial charge in [-0.3, -0.25) is 0 Å². The molecule has 0 N–H and O–H groups in total. The number of thiophene rings is 1. The van der Waals surface area contributed by atoms with E-state index in [9.17, 15) is 4.79 Å². The number of rotatable bonds is 3. The van der Waals surface area contributed by atoms with Gasteiger partial charge in [-0.05, 0) is 55.9 Å². The SMILES string of the molecule is Cc1oc(-c2cccs2)nc1C(=O)OC1CC2CCC1C2. The minimum atomic E-state index is -0.336. The van der Waals surface area contributed by atoms with Gasteiger partial charge >= 0.3 is 5.97 Å². The second-order valence-corrected chi connectivity index (χ2v) is 6.97. The highest BCUT2D eigenvalue weighted by Gasteiger charge is 2.42. The third kappa shape index (κ3) is 2.29. The average molecular weight is 303 g/mol. The topological polar surface area (TPSA) is 52.3 Å². The van der Waals surface area contributed by atoms with Crippen LogP contribution in [0.3, 0.4) is 0 Å². The number of hydrogen-bond acceptors (Lipinski definition) is 5. The third-order valence-corrected chi connectivity index (χ3v) is 5.51. The van der Waals surface area contributed by atoms with Gasteiger partial charge in [0.15, 0.2) is 5.69 Å². The molecule has 2 bridgehead atoms. The van der Waals surface area contributed by atoms with Crippen LogP contribution in [0.2, 0.25) is 0 Å². The first-order chi connectivity index (χ1) is 10.2. The van der Waals surface area contributed by atoms with Crippen LogP contribution in [0, 0.1) is 18.8 Å². The summed E-state index contributed by atoms with van der Waals surface area (Å²) in [7, 11) is 0. The highest BCUT2D eigenvalue weighted by molar-refractivity contribution is 7.13. The van der Waals surface area contributed by atoms with Crippen molar-refractivity contribution < 1.29 is 13.9 Å². The number of esters is 1. The van der Waals surface area contributed by atoms with Gasteiger partial charge in [0.1, 0.15) is 11.9 Å². The Bertz CT molecular complexity index is 661. The number of aromatic nitrogens is 1. The molecule has 0 aromatic carbocycles. The summed E-state index contributed by atoms with van der Waals surface area (Å²) in [5, 5.41) is 1.96. The van der Waals surface area contributed by atoms with Crippen molar-refractivity contribution in [3.05, 3.63) is 29.0 Å². The van der Waals surface area contributed by atoms with Crippen LogP contribution in [0.5, 0.6) is 0 Å². The molecule has 110 valence electrons. The van der Waals surface area contributed by atoms with E-state index < -0.39 is 0 Å². The summed E-state index contributed by atoms with van der Waals surface area (Å²) >= 11 is 1.54. The van der Waals surface area contributed by atoms with Crippen LogP contribution in [0.4, 0.5) is 0 Å². The molecule has 5 heteroatoms. The van der Waals surface area contributed by atoms with E-state index in [-0.39, 0.29) is 12.1 Å². The van der Waals surface area contributed by atoms with Crippen LogP contribution in [-0.2, 0) is 4.74 Å². The van der Waals surface area contributed by atoms with Gasteiger partial charge in [0.2, 0.25) is 5.89 Å². The quantitative estimate of drug-likeness (QED) is 0.802. The lowest BCUT2D eigenvalue weighted by Gasteiger charge is -2.21. The summed E-state index contributed by atoms with van der Waals surface area (Å²) in [5.41, 5.74) is 0.321. The van der Waals surface area contributed by atoms with Crippen molar-refractivity contribution in [1.29, 1.82) is 0 Å². The molecule has 4 rings (SSSR count). The lowest BCUT2D eigenvalue weighted by Crippen LogP contribution is -2.24. The molecule has 0 saturated heterocycles. The van der Waals surface area contributed by atoms with E-state index in [1.807, 2.05) is 17.5 Å². The van der Waals surface area contributed by atoms with Crippen LogP contribution in [0.25, 0.3) is 10.8 Å². The number of fused-ring (bicyclic) bond motifs is 2. The van der Waals surface area contributed by atoms with Crippen LogP contribution < -0.4 is 0 Å². The molecule has 3 atom stereocenters. The molecule has 0 spiro atoms. The second-order valence-electron chi connectivity index (χ2n) is 6.02. The Kier molecular flexibility index (Phi) is 3.10. The van der Waals surface area contributed by atoms with E-state index in [0.29, 0.717) is 23.3 Å². The summed E-state index contributed by atoms with van der Waals surface area (Å²) < 4.78 is 11.3. The molecule has 0 aliphatic heterocycles. The summed E-state index contributed by atoms with van der Waals surface area (Å²) in [6.07, 6.45) is 4.81. The molecule has 2 aliphatic carbocycles. The highest BCUT2D eigenvalue weighted by Crippen LogP contribution is 2.46. The van der Waals surface area contributed by atoms with E-state index >= 15 is 0 Å². The maximum Gasteiger partial charge on any atom is 0.360 e. The Morgan fingerprint density at radius 1 is 1.43 bits per heavy atom. The van der Waals surface area contributed by atoms with E-state index in [1.165, 1.54) is 19.3 Å². The van der Waals surface area contributed by atoms with Gasteiger partial charge in [-0.2, -0.15) is 0 Å². The van der Waals surface area contributed by atoms with Gasteiger partial charge in [-0.15, -0.1) is 11.3 Å². The van der Waals surface area contributed by atoms with Gasteiger partial charge < -0.3 is 9.15 Å². The van der Waals surface area contributed by atoms with E-state index in [4.69, 9.17) is 9.15 Å². The molecule has 2 heterocycles. The third-order valence-electron chi connectivity index (χ3n) is 4.65. The zero-order chi connectivity index (χ0) is 14.4. The van der Waals surface area contributed by atoms with Crippen molar-refractivity contribution in [1.82, 2.24) is 4.98 Å². The first kappa shape index (κ1) is 13.1. The predicted octanol–water partition coefficient (Wildman–Crippen LogP) is 4.06. The van der Waals surface area contributed by atoms with E-state index in [1.54, 1.807) is 18.3 Å². The summed E-state index contributed by atoms with van der Waals surface area (Å²) in [4.78, 5) is 17.6. The van der Waals surface area contributed by atoms with E-state index in [2.05, 4.69) is 4.98 Å². The first-order valence-corrected chi connectivity index (χ1v) is 8.31. The molecule has 2 aromatic rings. The van der Waals surface area contributed by atoms with Crippen molar-refractivity contribution in [2.45, 2.75) is 38.7 Å². The minimum Gasteiger partial charge on any atom is -0.457 e. The van der Waals surface area contributed by atoms with Gasteiger partial charge in [0.05, 0.1) is 4.88 Å². The Labute approximate surface area is 127 Å². The monoisotopic (exact) mass is 303 g/mol. The number of aryl methyl sites for hydroxylation is 1. The van der Waals surface area contributed by atoms with Crippen molar-refractivity contribution in [3.8, 4) is 10.8 Å². The number of oxazole rings is 1. The largest absolute Gasteiger partial charge is 0.457 e. The summed E-state index contributed by atoms with van der Waals surface area (Å²) in [6, 6.07) is 3.87. The van der Waals surface area contributed by atoms with Crippen LogP contribution in [0.1, 0.15) is 41.9 Å². The Hall–Kier alpha value is -1.62. The van der Waals surface area contributed by atoms with Gasteiger partial charge in [-0.1, -0.05) is 6.07 Å². The van der Waals surface area contributed by atoms with Crippen molar-refractivity contribution in [2.24, 2.45) is 11.8 Å². The van der Waals surface area contributed by atoms with Crippen LogP contribution in [-0.4, -0.2) is 17.1 Å².